The van der Waals surface area contributed by atoms with Crippen LogP contribution in [0.25, 0.3) is 11.4 Å². The third kappa shape index (κ3) is 5.87. The molecule has 0 radical (unpaired) electrons. The second kappa shape index (κ2) is 10.9. The Kier molecular flexibility index (Phi) is 7.21. The van der Waals surface area contributed by atoms with E-state index in [0.717, 1.165) is 9.65 Å². The number of nitrogens with one attached hydrogen (secondary N) is 2. The lowest BCUT2D eigenvalue weighted by atomic mass is 10.2. The Bertz CT molecular complexity index is 1750. The van der Waals surface area contributed by atoms with Gasteiger partial charge in [0.2, 0.25) is 11.9 Å². The van der Waals surface area contributed by atoms with Crippen LogP contribution in [0.2, 0.25) is 5.02 Å². The van der Waals surface area contributed by atoms with Crippen LogP contribution in [0.15, 0.2) is 103 Å². The number of nitrogens with zero attached hydrogens (tertiary/aromatic N) is 6. The largest absolute Gasteiger partial charge is 0.323 e. The summed E-state index contributed by atoms with van der Waals surface area (Å²) in [4.78, 5) is 20.2. The van der Waals surface area contributed by atoms with Crippen LogP contribution in [0.1, 0.15) is 5.56 Å². The van der Waals surface area contributed by atoms with E-state index in [1.807, 2.05) is 12.1 Å². The minimum absolute atomic E-state index is 0.114. The fourth-order valence-corrected chi connectivity index (χ4v) is 4.91. The molecule has 5 rings (SSSR count). The molecule has 0 aliphatic carbocycles. The summed E-state index contributed by atoms with van der Waals surface area (Å²) in [6.45, 7) is 3.93. The molecule has 0 aliphatic heterocycles. The van der Waals surface area contributed by atoms with Crippen LogP contribution in [-0.2, 0) is 21.4 Å². The fraction of sp³-hybridized carbons (Fsp3) is 0.0385. The van der Waals surface area contributed by atoms with E-state index in [4.69, 9.17) is 11.6 Å². The highest BCUT2D eigenvalue weighted by Gasteiger charge is 2.20. The number of anilines is 3. The molecule has 0 spiro atoms. The van der Waals surface area contributed by atoms with Crippen LogP contribution in [0.3, 0.4) is 0 Å². The zero-order valence-electron chi connectivity index (χ0n) is 20.3. The van der Waals surface area contributed by atoms with Crippen LogP contribution < -0.4 is 10.6 Å². The topological polar surface area (TPSA) is 137 Å². The van der Waals surface area contributed by atoms with Gasteiger partial charge < -0.3 is 10.6 Å². The maximum Gasteiger partial charge on any atom is 0.282 e. The number of hydrogen-bond acceptors (Lipinski definition) is 8. The van der Waals surface area contributed by atoms with Gasteiger partial charge >= 0.3 is 0 Å². The number of halogens is 1. The van der Waals surface area contributed by atoms with E-state index in [1.165, 1.54) is 36.7 Å². The molecule has 2 aromatic carbocycles. The summed E-state index contributed by atoms with van der Waals surface area (Å²) in [5, 5.41) is 14.5. The number of aromatic nitrogens is 6. The highest BCUT2D eigenvalue weighted by molar-refractivity contribution is 7.89. The second-order valence-corrected chi connectivity index (χ2v) is 10.4. The molecule has 3 heterocycles. The molecule has 0 bridgehead atoms. The average molecular weight is 561 g/mol. The van der Waals surface area contributed by atoms with Crippen molar-refractivity contribution in [1.82, 2.24) is 28.9 Å². The Morgan fingerprint density at radius 3 is 2.54 bits per heavy atom. The number of benzene rings is 2. The number of rotatable bonds is 9. The van der Waals surface area contributed by atoms with E-state index >= 15 is 0 Å². The third-order valence-corrected chi connectivity index (χ3v) is 7.32. The maximum atomic E-state index is 12.9. The van der Waals surface area contributed by atoms with Gasteiger partial charge in [0.15, 0.2) is 0 Å². The lowest BCUT2D eigenvalue weighted by Gasteiger charge is -2.06. The summed E-state index contributed by atoms with van der Waals surface area (Å²) >= 11 is 6.32. The monoisotopic (exact) mass is 560 g/mol. The molecule has 39 heavy (non-hydrogen) atoms. The molecule has 0 aliphatic rings. The molecule has 0 saturated heterocycles. The van der Waals surface area contributed by atoms with E-state index in [0.29, 0.717) is 17.9 Å². The predicted octanol–water partition coefficient (Wildman–Crippen LogP) is 4.34. The van der Waals surface area contributed by atoms with Crippen LogP contribution in [0.4, 0.5) is 17.3 Å². The van der Waals surface area contributed by atoms with Crippen molar-refractivity contribution in [3.05, 3.63) is 109 Å². The number of amides is 1. The standard InChI is InChI=1S/C26H21ClN8O3S/c1-2-24(36)30-19-10-8-18(9-11-19)16-34-17-20(14-29-34)31-26-28-15-22(27)25(32-26)23-12-13-35(33-23)39(37,38)21-6-4-3-5-7-21/h2-15,17H,1,16H2,(H,30,36)(H,28,31,32). The van der Waals surface area contributed by atoms with Crippen LogP contribution >= 0.6 is 11.6 Å². The van der Waals surface area contributed by atoms with Crippen molar-refractivity contribution in [2.24, 2.45) is 0 Å². The zero-order chi connectivity index (χ0) is 27.4. The lowest BCUT2D eigenvalue weighted by molar-refractivity contribution is -0.111. The predicted molar refractivity (Wildman–Crippen MR) is 147 cm³/mol. The van der Waals surface area contributed by atoms with Gasteiger partial charge in [-0.15, -0.1) is 0 Å². The quantitative estimate of drug-likeness (QED) is 0.254. The first kappa shape index (κ1) is 25.8. The van der Waals surface area contributed by atoms with Crippen molar-refractivity contribution in [3.8, 4) is 11.4 Å². The van der Waals surface area contributed by atoms with Crippen molar-refractivity contribution < 1.29 is 13.2 Å². The summed E-state index contributed by atoms with van der Waals surface area (Å²) in [6, 6.07) is 16.9. The molecule has 0 saturated carbocycles. The summed E-state index contributed by atoms with van der Waals surface area (Å²) in [5.41, 5.74) is 2.83. The molecule has 0 fully saturated rings. The van der Waals surface area contributed by atoms with Crippen molar-refractivity contribution in [2.45, 2.75) is 11.4 Å². The molecule has 3 aromatic heterocycles. The highest BCUT2D eigenvalue weighted by Crippen LogP contribution is 2.26. The van der Waals surface area contributed by atoms with E-state index in [9.17, 15) is 13.2 Å². The Labute approximate surface area is 228 Å². The summed E-state index contributed by atoms with van der Waals surface area (Å²) in [7, 11) is -3.86. The van der Waals surface area contributed by atoms with Crippen LogP contribution in [0, 0.1) is 0 Å². The normalized spacial score (nSPS) is 11.2. The van der Waals surface area contributed by atoms with E-state index < -0.39 is 10.0 Å². The van der Waals surface area contributed by atoms with Gasteiger partial charge in [-0.2, -0.15) is 22.7 Å². The number of hydrogen-bond donors (Lipinski definition) is 2. The van der Waals surface area contributed by atoms with Crippen molar-refractivity contribution in [2.75, 3.05) is 10.6 Å². The molecule has 11 nitrogen and oxygen atoms in total. The Balaban J connectivity index is 1.29. The molecular formula is C26H21ClN8O3S. The molecular weight excluding hydrogens is 540 g/mol. The smallest absolute Gasteiger partial charge is 0.282 e. The van der Waals surface area contributed by atoms with Gasteiger partial charge in [-0.25, -0.2) is 9.97 Å². The van der Waals surface area contributed by atoms with E-state index in [2.05, 4.69) is 37.4 Å². The fourth-order valence-electron chi connectivity index (χ4n) is 3.59. The van der Waals surface area contributed by atoms with Crippen molar-refractivity contribution in [1.29, 1.82) is 0 Å². The minimum atomic E-state index is -3.86. The first-order valence-electron chi connectivity index (χ1n) is 11.5. The van der Waals surface area contributed by atoms with Gasteiger partial charge in [-0.3, -0.25) is 9.48 Å². The summed E-state index contributed by atoms with van der Waals surface area (Å²) in [5.74, 6) is -0.0413. The molecule has 196 valence electrons. The molecule has 13 heteroatoms. The van der Waals surface area contributed by atoms with E-state index in [1.54, 1.807) is 47.4 Å². The number of carbonyl (C=O) groups excluding carboxylic acids is 1. The lowest BCUT2D eigenvalue weighted by Crippen LogP contribution is -2.13. The first-order valence-corrected chi connectivity index (χ1v) is 13.3. The van der Waals surface area contributed by atoms with E-state index in [-0.39, 0.29) is 33.2 Å². The van der Waals surface area contributed by atoms with Gasteiger partial charge in [0.05, 0.1) is 34.5 Å². The van der Waals surface area contributed by atoms with Gasteiger partial charge in [0.25, 0.3) is 10.0 Å². The highest BCUT2D eigenvalue weighted by atomic mass is 35.5. The SMILES string of the molecule is C=CC(=O)Nc1ccc(Cn2cc(Nc3ncc(Cl)c(-c4ccn(S(=O)(=O)c5ccccc5)n4)n3)cn2)cc1. The second-order valence-electron chi connectivity index (χ2n) is 8.22. The van der Waals surface area contributed by atoms with Crippen LogP contribution in [0.5, 0.6) is 0 Å². The van der Waals surface area contributed by atoms with Crippen LogP contribution in [-0.4, -0.2) is 43.3 Å². The first-order chi connectivity index (χ1) is 18.8. The van der Waals surface area contributed by atoms with Crippen molar-refractivity contribution >= 4 is 44.9 Å². The molecule has 1 amide bonds. The van der Waals surface area contributed by atoms with Gasteiger partial charge in [-0.05, 0) is 42.0 Å². The Morgan fingerprint density at radius 1 is 1.03 bits per heavy atom. The molecule has 0 atom stereocenters. The minimum Gasteiger partial charge on any atom is -0.323 e. The number of carbonyl (C=O) groups is 1. The van der Waals surface area contributed by atoms with Crippen molar-refractivity contribution in [3.63, 3.8) is 0 Å². The Morgan fingerprint density at radius 2 is 1.79 bits per heavy atom. The van der Waals surface area contributed by atoms with Gasteiger partial charge in [-0.1, -0.05) is 48.5 Å². The molecule has 2 N–H and O–H groups in total. The zero-order valence-corrected chi connectivity index (χ0v) is 21.8. The summed E-state index contributed by atoms with van der Waals surface area (Å²) < 4.78 is 28.3. The maximum absolute atomic E-state index is 12.9. The molecule has 0 unspecified atom stereocenters. The third-order valence-electron chi connectivity index (χ3n) is 5.48. The van der Waals surface area contributed by atoms with Gasteiger partial charge in [0.1, 0.15) is 11.4 Å². The molecule has 5 aromatic rings. The summed E-state index contributed by atoms with van der Waals surface area (Å²) in [6.07, 6.45) is 7.37. The Hall–Kier alpha value is -4.81. The average Bonchev–Trinajstić information content (AvgIpc) is 3.62. The van der Waals surface area contributed by atoms with Gasteiger partial charge in [0, 0.05) is 18.1 Å².